The standard InChI is InChI=1S/C16H16BrNO/c1-11(2)8-12-4-3-5-13(9-12)16(19)15-7-6-14(17)10-18-15/h3-7,9-11H,8H2,1-2H3. The van der Waals surface area contributed by atoms with Crippen molar-refractivity contribution in [3.63, 3.8) is 0 Å². The van der Waals surface area contributed by atoms with Gasteiger partial charge in [-0.05, 0) is 52.0 Å². The number of halogens is 1. The van der Waals surface area contributed by atoms with Gasteiger partial charge in [-0.3, -0.25) is 9.78 Å². The Morgan fingerprint density at radius 1 is 1.26 bits per heavy atom. The summed E-state index contributed by atoms with van der Waals surface area (Å²) in [5.41, 5.74) is 2.37. The van der Waals surface area contributed by atoms with E-state index in [-0.39, 0.29) is 5.78 Å². The highest BCUT2D eigenvalue weighted by molar-refractivity contribution is 9.10. The second kappa shape index (κ2) is 6.11. The molecule has 1 aromatic carbocycles. The van der Waals surface area contributed by atoms with E-state index in [2.05, 4.69) is 40.8 Å². The van der Waals surface area contributed by atoms with Crippen molar-refractivity contribution in [3.8, 4) is 0 Å². The molecular formula is C16H16BrNO. The van der Waals surface area contributed by atoms with Gasteiger partial charge in [0.25, 0.3) is 0 Å². The molecule has 0 aliphatic heterocycles. The van der Waals surface area contributed by atoms with Gasteiger partial charge in [-0.25, -0.2) is 0 Å². The molecule has 0 N–H and O–H groups in total. The van der Waals surface area contributed by atoms with E-state index in [0.29, 0.717) is 17.2 Å². The molecule has 3 heteroatoms. The van der Waals surface area contributed by atoms with E-state index in [4.69, 9.17) is 0 Å². The minimum atomic E-state index is -0.0295. The Balaban J connectivity index is 2.26. The summed E-state index contributed by atoms with van der Waals surface area (Å²) in [4.78, 5) is 16.5. The molecule has 0 spiro atoms. The van der Waals surface area contributed by atoms with Gasteiger partial charge in [0.15, 0.2) is 0 Å². The molecule has 0 aliphatic rings. The van der Waals surface area contributed by atoms with Crippen LogP contribution in [0.1, 0.15) is 35.5 Å². The molecule has 2 rings (SSSR count). The van der Waals surface area contributed by atoms with Crippen molar-refractivity contribution in [2.75, 3.05) is 0 Å². The Bertz CT molecular complexity index is 576. The van der Waals surface area contributed by atoms with Crippen molar-refractivity contribution >= 4 is 21.7 Å². The zero-order valence-corrected chi connectivity index (χ0v) is 12.6. The maximum absolute atomic E-state index is 12.3. The second-order valence-electron chi connectivity index (χ2n) is 4.99. The van der Waals surface area contributed by atoms with Gasteiger partial charge in [-0.15, -0.1) is 0 Å². The van der Waals surface area contributed by atoms with Crippen molar-refractivity contribution in [1.82, 2.24) is 4.98 Å². The summed E-state index contributed by atoms with van der Waals surface area (Å²) in [7, 11) is 0. The molecule has 98 valence electrons. The van der Waals surface area contributed by atoms with E-state index in [1.54, 1.807) is 12.3 Å². The fraction of sp³-hybridized carbons (Fsp3) is 0.250. The molecule has 2 nitrogen and oxygen atoms in total. The van der Waals surface area contributed by atoms with Crippen molar-refractivity contribution in [3.05, 3.63) is 63.9 Å². The minimum Gasteiger partial charge on any atom is -0.287 e. The van der Waals surface area contributed by atoms with Gasteiger partial charge >= 0.3 is 0 Å². The molecule has 0 bridgehead atoms. The van der Waals surface area contributed by atoms with Crippen LogP contribution in [0.5, 0.6) is 0 Å². The van der Waals surface area contributed by atoms with Crippen LogP contribution in [0.15, 0.2) is 47.1 Å². The van der Waals surface area contributed by atoms with E-state index in [0.717, 1.165) is 10.9 Å². The SMILES string of the molecule is CC(C)Cc1cccc(C(=O)c2ccc(Br)cn2)c1. The molecular weight excluding hydrogens is 302 g/mol. The van der Waals surface area contributed by atoms with Crippen LogP contribution in [0.3, 0.4) is 0 Å². The quantitative estimate of drug-likeness (QED) is 0.788. The predicted octanol–water partition coefficient (Wildman–Crippen LogP) is 4.27. The summed E-state index contributed by atoms with van der Waals surface area (Å²) in [6, 6.07) is 11.4. The predicted molar refractivity (Wildman–Crippen MR) is 80.4 cm³/mol. The van der Waals surface area contributed by atoms with E-state index < -0.39 is 0 Å². The number of benzene rings is 1. The third-order valence-electron chi connectivity index (χ3n) is 2.79. The summed E-state index contributed by atoms with van der Waals surface area (Å²) >= 11 is 3.32. The van der Waals surface area contributed by atoms with E-state index >= 15 is 0 Å². The zero-order valence-electron chi connectivity index (χ0n) is 11.1. The highest BCUT2D eigenvalue weighted by Gasteiger charge is 2.11. The van der Waals surface area contributed by atoms with Crippen molar-refractivity contribution in [2.24, 2.45) is 5.92 Å². The summed E-state index contributed by atoms with van der Waals surface area (Å²) in [6.07, 6.45) is 2.63. The number of carbonyl (C=O) groups excluding carboxylic acids is 1. The number of aromatic nitrogens is 1. The smallest absolute Gasteiger partial charge is 0.211 e. The lowest BCUT2D eigenvalue weighted by Gasteiger charge is -2.07. The average molecular weight is 318 g/mol. The molecule has 1 aromatic heterocycles. The summed E-state index contributed by atoms with van der Waals surface area (Å²) in [6.45, 7) is 4.34. The fourth-order valence-corrected chi connectivity index (χ4v) is 2.20. The molecule has 19 heavy (non-hydrogen) atoms. The van der Waals surface area contributed by atoms with Crippen LogP contribution < -0.4 is 0 Å². The first-order chi connectivity index (χ1) is 9.06. The van der Waals surface area contributed by atoms with Crippen LogP contribution in [0.25, 0.3) is 0 Å². The topological polar surface area (TPSA) is 30.0 Å². The van der Waals surface area contributed by atoms with Gasteiger partial charge in [0.2, 0.25) is 5.78 Å². The maximum atomic E-state index is 12.3. The van der Waals surface area contributed by atoms with Gasteiger partial charge < -0.3 is 0 Å². The molecule has 0 saturated heterocycles. The van der Waals surface area contributed by atoms with Crippen LogP contribution >= 0.6 is 15.9 Å². The molecule has 0 amide bonds. The van der Waals surface area contributed by atoms with Gasteiger partial charge in [0.1, 0.15) is 5.69 Å². The van der Waals surface area contributed by atoms with Gasteiger partial charge in [-0.2, -0.15) is 0 Å². The second-order valence-corrected chi connectivity index (χ2v) is 5.90. The Labute approximate surface area is 122 Å². The largest absolute Gasteiger partial charge is 0.287 e. The Kier molecular flexibility index (Phi) is 4.48. The van der Waals surface area contributed by atoms with Crippen LogP contribution in [-0.4, -0.2) is 10.8 Å². The zero-order chi connectivity index (χ0) is 13.8. The van der Waals surface area contributed by atoms with Crippen molar-refractivity contribution in [2.45, 2.75) is 20.3 Å². The van der Waals surface area contributed by atoms with E-state index in [1.165, 1.54) is 5.56 Å². The normalized spacial score (nSPS) is 10.7. The summed E-state index contributed by atoms with van der Waals surface area (Å²) in [5, 5.41) is 0. The number of carbonyl (C=O) groups is 1. The number of nitrogens with zero attached hydrogens (tertiary/aromatic N) is 1. The molecule has 0 aliphatic carbocycles. The summed E-state index contributed by atoms with van der Waals surface area (Å²) < 4.78 is 0.873. The van der Waals surface area contributed by atoms with Gasteiger partial charge in [0, 0.05) is 16.2 Å². The summed E-state index contributed by atoms with van der Waals surface area (Å²) in [5.74, 6) is 0.550. The Hall–Kier alpha value is -1.48. The first-order valence-corrected chi connectivity index (χ1v) is 7.11. The highest BCUT2D eigenvalue weighted by Crippen LogP contribution is 2.15. The molecule has 0 fully saturated rings. The third kappa shape index (κ3) is 3.74. The molecule has 0 unspecified atom stereocenters. The number of ketones is 1. The lowest BCUT2D eigenvalue weighted by atomic mass is 9.99. The lowest BCUT2D eigenvalue weighted by Crippen LogP contribution is -2.05. The molecule has 1 heterocycles. The van der Waals surface area contributed by atoms with Gasteiger partial charge in [-0.1, -0.05) is 32.0 Å². The van der Waals surface area contributed by atoms with Crippen molar-refractivity contribution < 1.29 is 4.79 Å². The number of pyridine rings is 1. The van der Waals surface area contributed by atoms with Crippen LogP contribution in [0.2, 0.25) is 0 Å². The Morgan fingerprint density at radius 2 is 2.05 bits per heavy atom. The molecule has 0 atom stereocenters. The Morgan fingerprint density at radius 3 is 2.68 bits per heavy atom. The maximum Gasteiger partial charge on any atom is 0.211 e. The van der Waals surface area contributed by atoms with Gasteiger partial charge in [0.05, 0.1) is 0 Å². The number of hydrogen-bond acceptors (Lipinski definition) is 2. The first-order valence-electron chi connectivity index (χ1n) is 6.31. The lowest BCUT2D eigenvalue weighted by molar-refractivity contribution is 0.103. The van der Waals surface area contributed by atoms with E-state index in [9.17, 15) is 4.79 Å². The fourth-order valence-electron chi connectivity index (χ4n) is 1.97. The number of rotatable bonds is 4. The van der Waals surface area contributed by atoms with E-state index in [1.807, 2.05) is 24.3 Å². The minimum absolute atomic E-state index is 0.0295. The van der Waals surface area contributed by atoms with Crippen LogP contribution in [-0.2, 0) is 6.42 Å². The van der Waals surface area contributed by atoms with Crippen molar-refractivity contribution in [1.29, 1.82) is 0 Å². The van der Waals surface area contributed by atoms with Crippen LogP contribution in [0, 0.1) is 5.92 Å². The molecule has 0 saturated carbocycles. The average Bonchev–Trinajstić information content (AvgIpc) is 2.38. The molecule has 0 radical (unpaired) electrons. The highest BCUT2D eigenvalue weighted by atomic mass is 79.9. The third-order valence-corrected chi connectivity index (χ3v) is 3.26. The molecule has 2 aromatic rings. The first kappa shape index (κ1) is 13.9. The monoisotopic (exact) mass is 317 g/mol. The van der Waals surface area contributed by atoms with Crippen LogP contribution in [0.4, 0.5) is 0 Å². The number of hydrogen-bond donors (Lipinski definition) is 0.